The average molecular weight is 232 g/mol. The molecule has 0 atom stereocenters. The van der Waals surface area contributed by atoms with Crippen LogP contribution >= 0.6 is 0 Å². The molecular weight excluding hydrogens is 212 g/mol. The highest BCUT2D eigenvalue weighted by molar-refractivity contribution is 5.43. The Morgan fingerprint density at radius 3 is 2.94 bits per heavy atom. The number of benzene rings is 1. The maximum Gasteiger partial charge on any atom is 0.131 e. The van der Waals surface area contributed by atoms with Crippen molar-refractivity contribution in [3.63, 3.8) is 0 Å². The van der Waals surface area contributed by atoms with Gasteiger partial charge in [-0.2, -0.15) is 0 Å². The standard InChI is InChI=1S/C14H20N2O/c1-3-16-9-14(2,10-16)17-13-6-4-5-11-7-15-8-12(11)13/h4-6,15H,3,7-10H2,1-2H3. The van der Waals surface area contributed by atoms with Gasteiger partial charge in [0.1, 0.15) is 11.4 Å². The van der Waals surface area contributed by atoms with Gasteiger partial charge in [0.2, 0.25) is 0 Å². The molecule has 3 nitrogen and oxygen atoms in total. The minimum absolute atomic E-state index is 0.00766. The van der Waals surface area contributed by atoms with Crippen LogP contribution in [0.15, 0.2) is 18.2 Å². The number of fused-ring (bicyclic) bond motifs is 1. The van der Waals surface area contributed by atoms with Crippen LogP contribution in [0.4, 0.5) is 0 Å². The van der Waals surface area contributed by atoms with E-state index in [0.29, 0.717) is 0 Å². The molecule has 1 N–H and O–H groups in total. The third kappa shape index (κ3) is 1.94. The summed E-state index contributed by atoms with van der Waals surface area (Å²) in [6.45, 7) is 9.53. The molecule has 2 aliphatic heterocycles. The van der Waals surface area contributed by atoms with Gasteiger partial charge in [0, 0.05) is 31.7 Å². The van der Waals surface area contributed by atoms with Gasteiger partial charge in [0.15, 0.2) is 0 Å². The lowest BCUT2D eigenvalue weighted by Crippen LogP contribution is -2.62. The van der Waals surface area contributed by atoms with Crippen molar-refractivity contribution in [3.05, 3.63) is 29.3 Å². The normalized spacial score (nSPS) is 22.0. The molecule has 0 saturated carbocycles. The second-order valence-corrected chi connectivity index (χ2v) is 5.35. The van der Waals surface area contributed by atoms with E-state index in [2.05, 4.69) is 42.3 Å². The summed E-state index contributed by atoms with van der Waals surface area (Å²) < 4.78 is 6.23. The first-order chi connectivity index (χ1) is 8.20. The average Bonchev–Trinajstić information content (AvgIpc) is 2.74. The molecule has 0 radical (unpaired) electrons. The fraction of sp³-hybridized carbons (Fsp3) is 0.571. The lowest BCUT2D eigenvalue weighted by atomic mass is 9.96. The van der Waals surface area contributed by atoms with Crippen LogP contribution in [0.2, 0.25) is 0 Å². The highest BCUT2D eigenvalue weighted by atomic mass is 16.5. The van der Waals surface area contributed by atoms with Crippen molar-refractivity contribution in [2.75, 3.05) is 19.6 Å². The van der Waals surface area contributed by atoms with Gasteiger partial charge in [-0.15, -0.1) is 0 Å². The number of likely N-dealkylation sites (tertiary alicyclic amines) is 1. The molecule has 3 heteroatoms. The van der Waals surface area contributed by atoms with Gasteiger partial charge in [-0.3, -0.25) is 4.90 Å². The van der Waals surface area contributed by atoms with Gasteiger partial charge in [0.25, 0.3) is 0 Å². The molecule has 2 heterocycles. The molecule has 17 heavy (non-hydrogen) atoms. The summed E-state index contributed by atoms with van der Waals surface area (Å²) in [4.78, 5) is 2.40. The van der Waals surface area contributed by atoms with Gasteiger partial charge >= 0.3 is 0 Å². The van der Waals surface area contributed by atoms with Crippen LogP contribution in [0.25, 0.3) is 0 Å². The SMILES string of the molecule is CCN1CC(C)(Oc2cccc3c2CNC3)C1. The van der Waals surface area contributed by atoms with Crippen molar-refractivity contribution < 1.29 is 4.74 Å². The molecule has 92 valence electrons. The number of likely N-dealkylation sites (N-methyl/N-ethyl adjacent to an activating group) is 1. The summed E-state index contributed by atoms with van der Waals surface area (Å²) in [6, 6.07) is 6.39. The molecule has 0 aromatic heterocycles. The number of nitrogens with zero attached hydrogens (tertiary/aromatic N) is 1. The largest absolute Gasteiger partial charge is 0.485 e. The number of hydrogen-bond donors (Lipinski definition) is 1. The smallest absolute Gasteiger partial charge is 0.131 e. The van der Waals surface area contributed by atoms with E-state index in [1.54, 1.807) is 0 Å². The maximum atomic E-state index is 6.23. The number of nitrogens with one attached hydrogen (secondary N) is 1. The van der Waals surface area contributed by atoms with E-state index in [0.717, 1.165) is 38.5 Å². The first-order valence-corrected chi connectivity index (χ1v) is 6.43. The molecule has 0 unspecified atom stereocenters. The van der Waals surface area contributed by atoms with Crippen LogP contribution in [0.5, 0.6) is 5.75 Å². The Kier molecular flexibility index (Phi) is 2.60. The molecule has 1 fully saturated rings. The third-order valence-corrected chi connectivity index (χ3v) is 3.77. The summed E-state index contributed by atoms with van der Waals surface area (Å²) in [5.74, 6) is 1.07. The first-order valence-electron chi connectivity index (χ1n) is 6.43. The molecule has 0 amide bonds. The second-order valence-electron chi connectivity index (χ2n) is 5.35. The third-order valence-electron chi connectivity index (χ3n) is 3.77. The summed E-state index contributed by atoms with van der Waals surface area (Å²) in [7, 11) is 0. The summed E-state index contributed by atoms with van der Waals surface area (Å²) in [6.07, 6.45) is 0. The van der Waals surface area contributed by atoms with Crippen LogP contribution < -0.4 is 10.1 Å². The summed E-state index contributed by atoms with van der Waals surface area (Å²) in [5, 5.41) is 3.38. The molecule has 2 aliphatic rings. The van der Waals surface area contributed by atoms with Crippen molar-refractivity contribution >= 4 is 0 Å². The lowest BCUT2D eigenvalue weighted by molar-refractivity contribution is -0.0610. The second kappa shape index (κ2) is 4.00. The molecule has 0 aliphatic carbocycles. The molecule has 1 saturated heterocycles. The number of ether oxygens (including phenoxy) is 1. The highest BCUT2D eigenvalue weighted by Gasteiger charge is 2.40. The Morgan fingerprint density at radius 1 is 1.35 bits per heavy atom. The predicted molar refractivity (Wildman–Crippen MR) is 68.1 cm³/mol. The predicted octanol–water partition coefficient (Wildman–Crippen LogP) is 1.76. The van der Waals surface area contributed by atoms with Gasteiger partial charge in [-0.25, -0.2) is 0 Å². The monoisotopic (exact) mass is 232 g/mol. The van der Waals surface area contributed by atoms with Crippen LogP contribution in [0.3, 0.4) is 0 Å². The zero-order valence-corrected chi connectivity index (χ0v) is 10.6. The zero-order chi connectivity index (χ0) is 11.9. The first kappa shape index (κ1) is 11.1. The molecule has 1 aromatic rings. The molecule has 0 bridgehead atoms. The Labute approximate surface area is 103 Å². The van der Waals surface area contributed by atoms with Gasteiger partial charge in [0.05, 0.1) is 0 Å². The van der Waals surface area contributed by atoms with E-state index < -0.39 is 0 Å². The minimum Gasteiger partial charge on any atom is -0.485 e. The minimum atomic E-state index is 0.00766. The van der Waals surface area contributed by atoms with Crippen LogP contribution in [0, 0.1) is 0 Å². The number of rotatable bonds is 3. The van der Waals surface area contributed by atoms with Crippen LogP contribution in [-0.2, 0) is 13.1 Å². The molecule has 1 aromatic carbocycles. The summed E-state index contributed by atoms with van der Waals surface area (Å²) in [5.41, 5.74) is 2.75. The Bertz CT molecular complexity index is 424. The van der Waals surface area contributed by atoms with E-state index in [-0.39, 0.29) is 5.60 Å². The Hall–Kier alpha value is -1.06. The van der Waals surface area contributed by atoms with E-state index in [1.165, 1.54) is 11.1 Å². The molecule has 0 spiro atoms. The van der Waals surface area contributed by atoms with E-state index in [4.69, 9.17) is 4.74 Å². The Balaban J connectivity index is 1.76. The van der Waals surface area contributed by atoms with Crippen molar-refractivity contribution in [1.82, 2.24) is 10.2 Å². The van der Waals surface area contributed by atoms with E-state index in [9.17, 15) is 0 Å². The van der Waals surface area contributed by atoms with Crippen molar-refractivity contribution in [2.45, 2.75) is 32.5 Å². The molecule has 3 rings (SSSR count). The van der Waals surface area contributed by atoms with Crippen molar-refractivity contribution in [2.24, 2.45) is 0 Å². The van der Waals surface area contributed by atoms with Crippen molar-refractivity contribution in [3.8, 4) is 5.75 Å². The molecular formula is C14H20N2O. The fourth-order valence-corrected chi connectivity index (χ4v) is 2.85. The zero-order valence-electron chi connectivity index (χ0n) is 10.6. The van der Waals surface area contributed by atoms with Gasteiger partial charge < -0.3 is 10.1 Å². The van der Waals surface area contributed by atoms with Gasteiger partial charge in [-0.05, 0) is 25.1 Å². The van der Waals surface area contributed by atoms with Crippen molar-refractivity contribution in [1.29, 1.82) is 0 Å². The van der Waals surface area contributed by atoms with E-state index >= 15 is 0 Å². The quantitative estimate of drug-likeness (QED) is 0.859. The fourth-order valence-electron chi connectivity index (χ4n) is 2.85. The number of hydrogen-bond acceptors (Lipinski definition) is 3. The van der Waals surface area contributed by atoms with Crippen LogP contribution in [0.1, 0.15) is 25.0 Å². The lowest BCUT2D eigenvalue weighted by Gasteiger charge is -2.47. The van der Waals surface area contributed by atoms with Crippen LogP contribution in [-0.4, -0.2) is 30.1 Å². The maximum absolute atomic E-state index is 6.23. The highest BCUT2D eigenvalue weighted by Crippen LogP contribution is 2.32. The van der Waals surface area contributed by atoms with E-state index in [1.807, 2.05) is 0 Å². The Morgan fingerprint density at radius 2 is 2.18 bits per heavy atom. The summed E-state index contributed by atoms with van der Waals surface area (Å²) >= 11 is 0. The van der Waals surface area contributed by atoms with Gasteiger partial charge in [-0.1, -0.05) is 19.1 Å². The topological polar surface area (TPSA) is 24.5 Å².